The number of aliphatic carboxylic acids is 1. The largest absolute Gasteiger partial charge is 0.481 e. The summed E-state index contributed by atoms with van der Waals surface area (Å²) in [6.45, 7) is 1.96. The van der Waals surface area contributed by atoms with Gasteiger partial charge in [0.25, 0.3) is 7.72 Å². The summed E-state index contributed by atoms with van der Waals surface area (Å²) in [5.74, 6) is -2.09. The van der Waals surface area contributed by atoms with E-state index in [2.05, 4.69) is 0 Å². The molecule has 1 aromatic heterocycles. The minimum Gasteiger partial charge on any atom is -0.481 e. The minimum atomic E-state index is -3.65. The number of carboxylic acids is 1. The van der Waals surface area contributed by atoms with Crippen molar-refractivity contribution >= 4 is 19.5 Å². The van der Waals surface area contributed by atoms with Crippen LogP contribution < -0.4 is 0 Å². The molecule has 182 valence electrons. The number of carbonyl (C=O) groups excluding carboxylic acids is 1. The quantitative estimate of drug-likeness (QED) is 0.264. The van der Waals surface area contributed by atoms with Crippen molar-refractivity contribution in [2.75, 3.05) is 12.3 Å². The van der Waals surface area contributed by atoms with Crippen LogP contribution in [0.25, 0.3) is 22.4 Å². The van der Waals surface area contributed by atoms with Crippen molar-refractivity contribution in [1.82, 2.24) is 4.98 Å². The average Bonchev–Trinajstić information content (AvgIpc) is 3.63. The Bertz CT molecular complexity index is 1240. The van der Waals surface area contributed by atoms with Crippen molar-refractivity contribution < 1.29 is 28.9 Å². The lowest BCUT2D eigenvalue weighted by Crippen LogP contribution is -2.17. The SMILES string of the molecule is Cc1c(-c2ccccc2)nc(C2CC2)c(CC[P+](O)(O)CC(=O)CC(=O)O)c1-c1ccc(F)cc1. The lowest BCUT2D eigenvalue weighted by atomic mass is 9.89. The summed E-state index contributed by atoms with van der Waals surface area (Å²) in [5, 5.41) is 8.82. The number of carboxylic acid groups (broad SMARTS) is 1. The maximum Gasteiger partial charge on any atom is 0.311 e. The summed E-state index contributed by atoms with van der Waals surface area (Å²) in [5.41, 5.74) is 6.16. The molecule has 8 heteroatoms. The lowest BCUT2D eigenvalue weighted by Gasteiger charge is -2.21. The third-order valence-electron chi connectivity index (χ3n) is 6.22. The number of hydrogen-bond acceptors (Lipinski definition) is 5. The maximum absolute atomic E-state index is 13.7. The molecule has 2 aromatic carbocycles. The van der Waals surface area contributed by atoms with Gasteiger partial charge >= 0.3 is 5.97 Å². The van der Waals surface area contributed by atoms with Gasteiger partial charge in [0.15, 0.2) is 11.9 Å². The Labute approximate surface area is 204 Å². The molecule has 1 aliphatic rings. The van der Waals surface area contributed by atoms with E-state index in [-0.39, 0.29) is 24.3 Å². The molecule has 35 heavy (non-hydrogen) atoms. The Kier molecular flexibility index (Phi) is 7.41. The molecule has 0 spiro atoms. The number of rotatable bonds is 10. The van der Waals surface area contributed by atoms with Gasteiger partial charge in [-0.2, -0.15) is 0 Å². The van der Waals surface area contributed by atoms with Crippen molar-refractivity contribution in [3.05, 3.63) is 77.2 Å². The second-order valence-electron chi connectivity index (χ2n) is 9.09. The van der Waals surface area contributed by atoms with Crippen molar-refractivity contribution in [3.8, 4) is 22.4 Å². The minimum absolute atomic E-state index is 0.0575. The molecule has 0 unspecified atom stereocenters. The van der Waals surface area contributed by atoms with E-state index in [0.29, 0.717) is 0 Å². The van der Waals surface area contributed by atoms with Crippen molar-refractivity contribution in [1.29, 1.82) is 0 Å². The van der Waals surface area contributed by atoms with E-state index in [1.807, 2.05) is 37.3 Å². The highest BCUT2D eigenvalue weighted by Crippen LogP contribution is 2.52. The Morgan fingerprint density at radius 1 is 1.03 bits per heavy atom. The van der Waals surface area contributed by atoms with Crippen LogP contribution in [0.3, 0.4) is 0 Å². The predicted molar refractivity (Wildman–Crippen MR) is 134 cm³/mol. The average molecular weight is 496 g/mol. The molecule has 0 aliphatic heterocycles. The first kappa shape index (κ1) is 25.1. The highest BCUT2D eigenvalue weighted by Gasteiger charge is 2.38. The molecule has 0 saturated heterocycles. The normalized spacial score (nSPS) is 13.6. The first-order chi connectivity index (χ1) is 16.6. The van der Waals surface area contributed by atoms with Gasteiger partial charge in [-0.05, 0) is 54.2 Å². The van der Waals surface area contributed by atoms with Gasteiger partial charge < -0.3 is 5.11 Å². The van der Waals surface area contributed by atoms with E-state index < -0.39 is 32.1 Å². The van der Waals surface area contributed by atoms with Gasteiger partial charge in [-0.1, -0.05) is 42.5 Å². The van der Waals surface area contributed by atoms with Crippen LogP contribution in [0.5, 0.6) is 0 Å². The standard InChI is InChI=1S/C27H27FNO5P/c1-17-25(18-9-11-21(28)12-10-18)23(13-14-35(33,34)16-22(30)15-24(31)32)27(20-7-8-20)29-26(17)19-5-3-2-4-6-19/h2-6,9-12,20,33-34H,7-8,13-16H2,1H3/p+1. The summed E-state index contributed by atoms with van der Waals surface area (Å²) in [6.07, 6.45) is 0.883. The van der Waals surface area contributed by atoms with Gasteiger partial charge in [0.05, 0.1) is 5.69 Å². The molecule has 0 radical (unpaired) electrons. The molecule has 0 atom stereocenters. The van der Waals surface area contributed by atoms with E-state index >= 15 is 0 Å². The van der Waals surface area contributed by atoms with Crippen LogP contribution in [-0.4, -0.2) is 44.0 Å². The zero-order valence-corrected chi connectivity index (χ0v) is 20.3. The zero-order valence-electron chi connectivity index (χ0n) is 19.4. The molecule has 1 saturated carbocycles. The lowest BCUT2D eigenvalue weighted by molar-refractivity contribution is -0.139. The Balaban J connectivity index is 1.78. The molecule has 1 fully saturated rings. The topological polar surface area (TPSA) is 108 Å². The van der Waals surface area contributed by atoms with Gasteiger partial charge in [0, 0.05) is 23.6 Å². The fraction of sp³-hybridized carbons (Fsp3) is 0.296. The van der Waals surface area contributed by atoms with Crippen LogP contribution in [0.15, 0.2) is 54.6 Å². The monoisotopic (exact) mass is 496 g/mol. The fourth-order valence-electron chi connectivity index (χ4n) is 4.45. The number of hydrogen-bond donors (Lipinski definition) is 3. The number of carbonyl (C=O) groups is 2. The first-order valence-corrected chi connectivity index (χ1v) is 13.6. The van der Waals surface area contributed by atoms with Gasteiger partial charge in [0.2, 0.25) is 0 Å². The molecule has 6 nitrogen and oxygen atoms in total. The van der Waals surface area contributed by atoms with E-state index in [9.17, 15) is 23.8 Å². The number of ketones is 1. The third-order valence-corrected chi connectivity index (χ3v) is 8.01. The zero-order chi connectivity index (χ0) is 25.2. The van der Waals surface area contributed by atoms with Gasteiger partial charge in [-0.25, -0.2) is 14.2 Å². The van der Waals surface area contributed by atoms with Gasteiger partial charge in [0.1, 0.15) is 18.4 Å². The number of halogens is 1. The highest BCUT2D eigenvalue weighted by molar-refractivity contribution is 7.65. The number of aromatic nitrogens is 1. The Morgan fingerprint density at radius 2 is 1.69 bits per heavy atom. The summed E-state index contributed by atoms with van der Waals surface area (Å²) < 4.78 is 13.7. The summed E-state index contributed by atoms with van der Waals surface area (Å²) in [7, 11) is -3.65. The Hall–Kier alpha value is -2.99. The highest BCUT2D eigenvalue weighted by atomic mass is 31.2. The summed E-state index contributed by atoms with van der Waals surface area (Å²) in [6, 6.07) is 16.0. The summed E-state index contributed by atoms with van der Waals surface area (Å²) in [4.78, 5) is 48.9. The molecule has 3 aromatic rings. The molecular weight excluding hydrogens is 468 g/mol. The van der Waals surface area contributed by atoms with E-state index in [1.165, 1.54) is 12.1 Å². The smallest absolute Gasteiger partial charge is 0.311 e. The molecule has 4 rings (SSSR count). The number of pyridine rings is 1. The van der Waals surface area contributed by atoms with Crippen LogP contribution in [-0.2, 0) is 16.0 Å². The van der Waals surface area contributed by atoms with Crippen LogP contribution in [0, 0.1) is 12.7 Å². The molecular formula is C27H28FNO5P+. The van der Waals surface area contributed by atoms with Crippen molar-refractivity contribution in [2.45, 2.75) is 38.5 Å². The van der Waals surface area contributed by atoms with Crippen molar-refractivity contribution in [3.63, 3.8) is 0 Å². The van der Waals surface area contributed by atoms with Crippen LogP contribution in [0.4, 0.5) is 4.39 Å². The number of Topliss-reactive ketones (excluding diaryl/α,β-unsaturated/α-hetero) is 1. The number of nitrogens with zero attached hydrogens (tertiary/aromatic N) is 1. The number of benzene rings is 2. The second kappa shape index (κ2) is 10.3. The van der Waals surface area contributed by atoms with Crippen molar-refractivity contribution in [2.24, 2.45) is 0 Å². The van der Waals surface area contributed by atoms with Crippen LogP contribution in [0.1, 0.15) is 42.0 Å². The molecule has 0 amide bonds. The van der Waals surface area contributed by atoms with Gasteiger partial charge in [-0.15, -0.1) is 0 Å². The van der Waals surface area contributed by atoms with Crippen LogP contribution in [0.2, 0.25) is 0 Å². The first-order valence-electron chi connectivity index (χ1n) is 11.6. The molecule has 1 heterocycles. The third kappa shape index (κ3) is 6.17. The van der Waals surface area contributed by atoms with E-state index in [4.69, 9.17) is 10.1 Å². The maximum atomic E-state index is 13.7. The second-order valence-corrected chi connectivity index (χ2v) is 11.6. The molecule has 1 aliphatic carbocycles. The molecule has 3 N–H and O–H groups in total. The molecule has 0 bridgehead atoms. The van der Waals surface area contributed by atoms with Crippen LogP contribution >= 0.6 is 7.72 Å². The predicted octanol–water partition coefficient (Wildman–Crippen LogP) is 5.16. The van der Waals surface area contributed by atoms with E-state index in [1.54, 1.807) is 12.1 Å². The van der Waals surface area contributed by atoms with Gasteiger partial charge in [-0.3, -0.25) is 14.6 Å². The summed E-state index contributed by atoms with van der Waals surface area (Å²) >= 11 is 0. The van der Waals surface area contributed by atoms with E-state index in [0.717, 1.165) is 52.0 Å². The fourth-order valence-corrected chi connectivity index (χ4v) is 5.87. The Morgan fingerprint density at radius 3 is 2.29 bits per heavy atom.